The van der Waals surface area contributed by atoms with E-state index in [9.17, 15) is 4.79 Å². The zero-order valence-electron chi connectivity index (χ0n) is 18.1. The van der Waals surface area contributed by atoms with Crippen LogP contribution in [0.25, 0.3) is 10.9 Å². The number of hydrogen-bond acceptors (Lipinski definition) is 6. The van der Waals surface area contributed by atoms with Gasteiger partial charge in [-0.1, -0.05) is 19.4 Å². The van der Waals surface area contributed by atoms with Gasteiger partial charge in [-0.3, -0.25) is 9.69 Å². The zero-order chi connectivity index (χ0) is 21.2. The molecular formula is C23H30N6O2. The van der Waals surface area contributed by atoms with E-state index in [0.717, 1.165) is 68.5 Å². The van der Waals surface area contributed by atoms with Crippen molar-refractivity contribution in [1.82, 2.24) is 30.1 Å². The van der Waals surface area contributed by atoms with Gasteiger partial charge >= 0.3 is 0 Å². The average Bonchev–Trinajstić information content (AvgIpc) is 3.48. The molecule has 2 fully saturated rings. The molecule has 8 nitrogen and oxygen atoms in total. The summed E-state index contributed by atoms with van der Waals surface area (Å²) in [5, 5.41) is 13.7. The second kappa shape index (κ2) is 8.88. The van der Waals surface area contributed by atoms with Crippen molar-refractivity contribution in [2.45, 2.75) is 64.1 Å². The fourth-order valence-corrected chi connectivity index (χ4v) is 4.89. The molecule has 0 unspecified atom stereocenters. The molecule has 2 atom stereocenters. The van der Waals surface area contributed by atoms with Gasteiger partial charge in [-0.25, -0.2) is 4.68 Å². The van der Waals surface area contributed by atoms with Crippen molar-refractivity contribution in [3.05, 3.63) is 51.6 Å². The number of nitrogens with one attached hydrogen (secondary N) is 1. The minimum atomic E-state index is -0.268. The number of nitrogens with zero attached hydrogens (tertiary/aromatic N) is 5. The number of rotatable bonds is 6. The molecule has 0 spiro atoms. The maximum Gasteiger partial charge on any atom is 0.253 e. The van der Waals surface area contributed by atoms with Gasteiger partial charge in [0.2, 0.25) is 0 Å². The fraction of sp³-hybridized carbons (Fsp3) is 0.565. The predicted molar refractivity (Wildman–Crippen MR) is 118 cm³/mol. The fourth-order valence-electron chi connectivity index (χ4n) is 4.89. The highest BCUT2D eigenvalue weighted by atomic mass is 16.5. The van der Waals surface area contributed by atoms with Gasteiger partial charge in [0.1, 0.15) is 6.04 Å². The summed E-state index contributed by atoms with van der Waals surface area (Å²) in [4.78, 5) is 18.7. The molecule has 0 radical (unpaired) electrons. The molecule has 2 aliphatic heterocycles. The molecule has 4 heterocycles. The molecule has 0 aliphatic carbocycles. The molecule has 0 saturated carbocycles. The lowest BCUT2D eigenvalue weighted by molar-refractivity contribution is 0.0902. The first-order valence-corrected chi connectivity index (χ1v) is 11.5. The van der Waals surface area contributed by atoms with Crippen LogP contribution in [0.15, 0.2) is 29.1 Å². The Kier molecular flexibility index (Phi) is 5.82. The van der Waals surface area contributed by atoms with E-state index in [0.29, 0.717) is 12.1 Å². The predicted octanol–water partition coefficient (Wildman–Crippen LogP) is 2.83. The van der Waals surface area contributed by atoms with Crippen LogP contribution in [0.1, 0.15) is 62.0 Å². The van der Waals surface area contributed by atoms with Crippen LogP contribution in [0.5, 0.6) is 0 Å². The Labute approximate surface area is 181 Å². The van der Waals surface area contributed by atoms with Gasteiger partial charge in [0.25, 0.3) is 5.56 Å². The summed E-state index contributed by atoms with van der Waals surface area (Å²) < 4.78 is 7.67. The summed E-state index contributed by atoms with van der Waals surface area (Å²) in [6, 6.07) is 8.00. The Bertz CT molecular complexity index is 1090. The smallest absolute Gasteiger partial charge is 0.253 e. The highest BCUT2D eigenvalue weighted by Gasteiger charge is 2.32. The van der Waals surface area contributed by atoms with Crippen LogP contribution >= 0.6 is 0 Å². The maximum atomic E-state index is 13.2. The second-order valence-electron chi connectivity index (χ2n) is 8.68. The number of fused-ring (bicyclic) bond motifs is 1. The number of benzene rings is 1. The van der Waals surface area contributed by atoms with Crippen molar-refractivity contribution in [2.75, 3.05) is 19.7 Å². The minimum Gasteiger partial charge on any atom is -0.376 e. The van der Waals surface area contributed by atoms with Crippen LogP contribution in [-0.2, 0) is 17.7 Å². The molecule has 8 heteroatoms. The van der Waals surface area contributed by atoms with Gasteiger partial charge in [0.05, 0.1) is 12.6 Å². The van der Waals surface area contributed by atoms with E-state index in [-0.39, 0.29) is 17.7 Å². The van der Waals surface area contributed by atoms with Crippen molar-refractivity contribution in [3.63, 3.8) is 0 Å². The summed E-state index contributed by atoms with van der Waals surface area (Å²) in [6.07, 6.45) is 6.64. The molecule has 1 N–H and O–H groups in total. The van der Waals surface area contributed by atoms with E-state index in [2.05, 4.69) is 44.5 Å². The number of tetrazole rings is 1. The van der Waals surface area contributed by atoms with Crippen molar-refractivity contribution in [1.29, 1.82) is 0 Å². The molecule has 0 bridgehead atoms. The first-order chi connectivity index (χ1) is 15.2. The number of piperidine rings is 1. The van der Waals surface area contributed by atoms with Crippen LogP contribution < -0.4 is 5.56 Å². The Balaban J connectivity index is 1.59. The van der Waals surface area contributed by atoms with E-state index in [4.69, 9.17) is 4.74 Å². The van der Waals surface area contributed by atoms with Crippen LogP contribution in [0, 0.1) is 0 Å². The third-order valence-corrected chi connectivity index (χ3v) is 6.60. The third-order valence-electron chi connectivity index (χ3n) is 6.60. The van der Waals surface area contributed by atoms with E-state index in [1.807, 2.05) is 16.8 Å². The molecule has 2 aliphatic rings. The highest BCUT2D eigenvalue weighted by molar-refractivity contribution is 5.80. The van der Waals surface area contributed by atoms with E-state index < -0.39 is 0 Å². The van der Waals surface area contributed by atoms with Crippen molar-refractivity contribution >= 4 is 10.9 Å². The quantitative estimate of drug-likeness (QED) is 0.657. The number of aromatic amines is 1. The number of ether oxygens (including phenoxy) is 1. The number of hydrogen-bond donors (Lipinski definition) is 1. The van der Waals surface area contributed by atoms with Crippen molar-refractivity contribution < 1.29 is 4.74 Å². The maximum absolute atomic E-state index is 13.2. The SMILES string of the molecule is CCc1ccc2[nH]c(=O)c([C@H](c3nnnn3C[C@@H]3CCCO3)N3CCCCC3)cc2c1. The lowest BCUT2D eigenvalue weighted by Crippen LogP contribution is -2.39. The molecule has 31 heavy (non-hydrogen) atoms. The monoisotopic (exact) mass is 422 g/mol. The molecule has 3 aromatic rings. The van der Waals surface area contributed by atoms with Crippen molar-refractivity contribution in [2.24, 2.45) is 0 Å². The zero-order valence-corrected chi connectivity index (χ0v) is 18.1. The Hall–Kier alpha value is -2.58. The Morgan fingerprint density at radius 2 is 2.06 bits per heavy atom. The summed E-state index contributed by atoms with van der Waals surface area (Å²) in [5.41, 5.74) is 2.76. The standard InChI is InChI=1S/C23H30N6O2/c1-2-16-8-9-20-17(13-16)14-19(23(30)24-20)21(28-10-4-3-5-11-28)22-25-26-27-29(22)15-18-7-6-12-31-18/h8-9,13-14,18,21H,2-7,10-12,15H2,1H3,(H,24,30)/t18-,21+/m0/s1. The van der Waals surface area contributed by atoms with E-state index in [1.54, 1.807) is 0 Å². The molecular weight excluding hydrogens is 392 g/mol. The van der Waals surface area contributed by atoms with Crippen LogP contribution in [-0.4, -0.2) is 55.9 Å². The molecule has 2 aromatic heterocycles. The van der Waals surface area contributed by atoms with Gasteiger partial charge in [-0.2, -0.15) is 0 Å². The first kappa shape index (κ1) is 20.3. The second-order valence-corrected chi connectivity index (χ2v) is 8.68. The van der Waals surface area contributed by atoms with Gasteiger partial charge < -0.3 is 9.72 Å². The summed E-state index contributed by atoms with van der Waals surface area (Å²) in [6.45, 7) is 5.43. The minimum absolute atomic E-state index is 0.0704. The molecule has 2 saturated heterocycles. The number of aryl methyl sites for hydroxylation is 1. The Morgan fingerprint density at radius 1 is 1.19 bits per heavy atom. The lowest BCUT2D eigenvalue weighted by Gasteiger charge is -2.33. The number of pyridine rings is 1. The summed E-state index contributed by atoms with van der Waals surface area (Å²) in [5.74, 6) is 0.730. The molecule has 164 valence electrons. The van der Waals surface area contributed by atoms with Gasteiger partial charge in [-0.15, -0.1) is 5.10 Å². The highest BCUT2D eigenvalue weighted by Crippen LogP contribution is 2.30. The topological polar surface area (TPSA) is 88.9 Å². The van der Waals surface area contributed by atoms with E-state index >= 15 is 0 Å². The van der Waals surface area contributed by atoms with Crippen LogP contribution in [0.4, 0.5) is 0 Å². The number of aromatic nitrogens is 5. The third kappa shape index (κ3) is 4.14. The van der Waals surface area contributed by atoms with Gasteiger partial charge in [0.15, 0.2) is 5.82 Å². The average molecular weight is 423 g/mol. The lowest BCUT2D eigenvalue weighted by atomic mass is 9.99. The molecule has 1 aromatic carbocycles. The first-order valence-electron chi connectivity index (χ1n) is 11.5. The van der Waals surface area contributed by atoms with Crippen LogP contribution in [0.3, 0.4) is 0 Å². The van der Waals surface area contributed by atoms with Gasteiger partial charge in [0, 0.05) is 17.7 Å². The normalized spacial score (nSPS) is 21.0. The number of likely N-dealkylation sites (tertiary alicyclic amines) is 1. The summed E-state index contributed by atoms with van der Waals surface area (Å²) in [7, 11) is 0. The van der Waals surface area contributed by atoms with E-state index in [1.165, 1.54) is 12.0 Å². The van der Waals surface area contributed by atoms with Gasteiger partial charge in [-0.05, 0) is 84.8 Å². The molecule has 0 amide bonds. The van der Waals surface area contributed by atoms with Crippen LogP contribution in [0.2, 0.25) is 0 Å². The number of H-pyrrole nitrogens is 1. The Morgan fingerprint density at radius 3 is 2.84 bits per heavy atom. The summed E-state index contributed by atoms with van der Waals surface area (Å²) >= 11 is 0. The largest absolute Gasteiger partial charge is 0.376 e. The van der Waals surface area contributed by atoms with Crippen molar-refractivity contribution in [3.8, 4) is 0 Å². The molecule has 5 rings (SSSR count).